The second-order valence-electron chi connectivity index (χ2n) is 7.86. The largest absolute Gasteiger partial charge is 0.485 e. The van der Waals surface area contributed by atoms with Gasteiger partial charge in [0.1, 0.15) is 22.6 Å². The molecule has 28 heavy (non-hydrogen) atoms. The molecule has 0 spiro atoms. The van der Waals surface area contributed by atoms with Crippen molar-refractivity contribution in [1.82, 2.24) is 15.3 Å². The Morgan fingerprint density at radius 3 is 2.86 bits per heavy atom. The van der Waals surface area contributed by atoms with Crippen LogP contribution in [0.25, 0.3) is 10.9 Å². The van der Waals surface area contributed by atoms with Crippen LogP contribution in [0.4, 0.5) is 0 Å². The number of hydrogen-bond donors (Lipinski definition) is 2. The number of halogens is 1. The number of pyridine rings is 2. The Kier molecular flexibility index (Phi) is 5.00. The maximum atomic E-state index is 11.0. The summed E-state index contributed by atoms with van der Waals surface area (Å²) in [6.07, 6.45) is 3.75. The van der Waals surface area contributed by atoms with Crippen LogP contribution < -0.4 is 10.1 Å². The van der Waals surface area contributed by atoms with Crippen LogP contribution in [0.5, 0.6) is 5.75 Å². The highest BCUT2D eigenvalue weighted by Gasteiger charge is 2.42. The Balaban J connectivity index is 1.68. The fourth-order valence-corrected chi connectivity index (χ4v) is 4.04. The van der Waals surface area contributed by atoms with E-state index in [-0.39, 0.29) is 6.04 Å². The van der Waals surface area contributed by atoms with Crippen LogP contribution in [0.3, 0.4) is 0 Å². The Morgan fingerprint density at radius 1 is 1.29 bits per heavy atom. The van der Waals surface area contributed by atoms with E-state index in [1.54, 1.807) is 6.20 Å². The number of nitrogens with one attached hydrogen (secondary N) is 1. The van der Waals surface area contributed by atoms with Crippen LogP contribution in [0.2, 0.25) is 5.15 Å². The number of hydrogen-bond acceptors (Lipinski definition) is 5. The number of rotatable bonds is 4. The second kappa shape index (κ2) is 7.32. The van der Waals surface area contributed by atoms with Gasteiger partial charge in [-0.15, -0.1) is 0 Å². The van der Waals surface area contributed by atoms with Gasteiger partial charge in [0.15, 0.2) is 0 Å². The summed E-state index contributed by atoms with van der Waals surface area (Å²) in [5, 5.41) is 15.9. The van der Waals surface area contributed by atoms with E-state index >= 15 is 0 Å². The molecule has 6 heteroatoms. The molecule has 1 aromatic carbocycles. The summed E-state index contributed by atoms with van der Waals surface area (Å²) >= 11 is 6.16. The molecule has 2 aromatic heterocycles. The maximum absolute atomic E-state index is 11.0. The normalized spacial score (nSPS) is 20.6. The highest BCUT2D eigenvalue weighted by atomic mass is 35.5. The molecular formula is C22H24ClN3O2. The monoisotopic (exact) mass is 397 g/mol. The lowest BCUT2D eigenvalue weighted by Gasteiger charge is -2.42. The predicted molar refractivity (Wildman–Crippen MR) is 111 cm³/mol. The fourth-order valence-electron chi connectivity index (χ4n) is 3.78. The van der Waals surface area contributed by atoms with Crippen molar-refractivity contribution in [3.63, 3.8) is 0 Å². The summed E-state index contributed by atoms with van der Waals surface area (Å²) in [5.41, 5.74) is 3.20. The summed E-state index contributed by atoms with van der Waals surface area (Å²) < 4.78 is 6.16. The van der Waals surface area contributed by atoms with Gasteiger partial charge in [0.05, 0.1) is 11.6 Å². The van der Waals surface area contributed by atoms with Crippen molar-refractivity contribution in [3.8, 4) is 5.75 Å². The molecule has 0 amide bonds. The minimum Gasteiger partial charge on any atom is -0.485 e. The highest BCUT2D eigenvalue weighted by Crippen LogP contribution is 2.42. The molecule has 0 radical (unpaired) electrons. The van der Waals surface area contributed by atoms with Crippen LogP contribution in [0.15, 0.2) is 42.7 Å². The first-order chi connectivity index (χ1) is 13.3. The molecular weight excluding hydrogens is 374 g/mol. The zero-order valence-electron chi connectivity index (χ0n) is 16.2. The van der Waals surface area contributed by atoms with Crippen LogP contribution in [0, 0.1) is 6.92 Å². The average molecular weight is 398 g/mol. The van der Waals surface area contributed by atoms with E-state index < -0.39 is 11.7 Å². The van der Waals surface area contributed by atoms with Crippen molar-refractivity contribution in [2.75, 3.05) is 6.54 Å². The third-order valence-corrected chi connectivity index (χ3v) is 5.55. The Morgan fingerprint density at radius 2 is 2.11 bits per heavy atom. The summed E-state index contributed by atoms with van der Waals surface area (Å²) in [4.78, 5) is 8.62. The van der Waals surface area contributed by atoms with E-state index in [0.29, 0.717) is 11.7 Å². The van der Waals surface area contributed by atoms with E-state index in [1.807, 2.05) is 51.2 Å². The molecule has 1 unspecified atom stereocenters. The van der Waals surface area contributed by atoms with Crippen molar-refractivity contribution >= 4 is 22.5 Å². The molecule has 0 aliphatic carbocycles. The SMILES string of the molecule is Cc1cc(Cl)nc2cc3c(cc12)OC(C)(C)C(O)[C@H]3NCCc1cccnc1. The number of fused-ring (bicyclic) bond motifs is 2. The second-order valence-corrected chi connectivity index (χ2v) is 8.25. The van der Waals surface area contributed by atoms with Gasteiger partial charge >= 0.3 is 0 Å². The molecule has 3 aromatic rings. The van der Waals surface area contributed by atoms with Gasteiger partial charge in [0.25, 0.3) is 0 Å². The average Bonchev–Trinajstić information content (AvgIpc) is 2.65. The maximum Gasteiger partial charge on any atom is 0.131 e. The highest BCUT2D eigenvalue weighted by molar-refractivity contribution is 6.29. The molecule has 5 nitrogen and oxygen atoms in total. The third-order valence-electron chi connectivity index (χ3n) is 5.35. The number of aliphatic hydroxyl groups is 1. The van der Waals surface area contributed by atoms with Crippen molar-refractivity contribution in [3.05, 3.63) is 64.6 Å². The zero-order chi connectivity index (χ0) is 19.9. The van der Waals surface area contributed by atoms with Crippen LogP contribution in [-0.2, 0) is 6.42 Å². The molecule has 2 atom stereocenters. The lowest BCUT2D eigenvalue weighted by Crippen LogP contribution is -2.52. The summed E-state index contributed by atoms with van der Waals surface area (Å²) in [6.45, 7) is 6.54. The molecule has 1 aliphatic heterocycles. The molecule has 4 rings (SSSR count). The van der Waals surface area contributed by atoms with E-state index in [9.17, 15) is 5.11 Å². The molecule has 1 aliphatic rings. The number of nitrogens with zero attached hydrogens (tertiary/aromatic N) is 2. The minimum absolute atomic E-state index is 0.263. The standard InChI is InChI=1S/C22H24ClN3O2/c1-13-9-19(23)26-17-10-16-18(11-15(13)17)28-22(2,3)21(27)20(16)25-8-6-14-5-4-7-24-12-14/h4-5,7,9-12,20-21,25,27H,6,8H2,1-3H3/t20-,21?/m0/s1. The predicted octanol–water partition coefficient (Wildman–Crippen LogP) is 4.00. The zero-order valence-corrected chi connectivity index (χ0v) is 17.0. The molecule has 0 fully saturated rings. The van der Waals surface area contributed by atoms with E-state index in [4.69, 9.17) is 16.3 Å². The van der Waals surface area contributed by atoms with Crippen LogP contribution in [0.1, 0.15) is 36.6 Å². The fraction of sp³-hybridized carbons (Fsp3) is 0.364. The summed E-state index contributed by atoms with van der Waals surface area (Å²) in [7, 11) is 0. The Hall–Kier alpha value is -2.21. The molecule has 0 saturated carbocycles. The number of aromatic nitrogens is 2. The first-order valence-electron chi connectivity index (χ1n) is 9.45. The van der Waals surface area contributed by atoms with Gasteiger partial charge in [-0.25, -0.2) is 4.98 Å². The van der Waals surface area contributed by atoms with Gasteiger partial charge in [-0.05, 0) is 69.1 Å². The molecule has 3 heterocycles. The lowest BCUT2D eigenvalue weighted by molar-refractivity contribution is -0.0642. The quantitative estimate of drug-likeness (QED) is 0.651. The first-order valence-corrected chi connectivity index (χ1v) is 9.83. The molecule has 2 N–H and O–H groups in total. The number of ether oxygens (including phenoxy) is 1. The van der Waals surface area contributed by atoms with Crippen LogP contribution in [-0.4, -0.2) is 33.3 Å². The van der Waals surface area contributed by atoms with Crippen molar-refractivity contribution in [1.29, 1.82) is 0 Å². The summed E-state index contributed by atoms with van der Waals surface area (Å²) in [6, 6.07) is 9.55. The van der Waals surface area contributed by atoms with Gasteiger partial charge in [0, 0.05) is 23.3 Å². The molecule has 0 saturated heterocycles. The number of benzene rings is 1. The number of aliphatic hydroxyl groups excluding tert-OH is 1. The van der Waals surface area contributed by atoms with E-state index in [1.165, 1.54) is 0 Å². The van der Waals surface area contributed by atoms with Crippen molar-refractivity contribution < 1.29 is 9.84 Å². The van der Waals surface area contributed by atoms with Crippen molar-refractivity contribution in [2.24, 2.45) is 0 Å². The Labute approximate surface area is 169 Å². The third kappa shape index (κ3) is 3.58. The first kappa shape index (κ1) is 19.1. The van der Waals surface area contributed by atoms with Gasteiger partial charge in [0.2, 0.25) is 0 Å². The summed E-state index contributed by atoms with van der Waals surface area (Å²) in [5.74, 6) is 0.772. The van der Waals surface area contributed by atoms with Crippen LogP contribution >= 0.6 is 11.6 Å². The molecule has 146 valence electrons. The van der Waals surface area contributed by atoms with E-state index in [0.717, 1.165) is 39.8 Å². The lowest BCUT2D eigenvalue weighted by atomic mass is 9.85. The smallest absolute Gasteiger partial charge is 0.131 e. The minimum atomic E-state index is -0.708. The van der Waals surface area contributed by atoms with Gasteiger partial charge in [-0.3, -0.25) is 4.98 Å². The molecule has 0 bridgehead atoms. The van der Waals surface area contributed by atoms with E-state index in [2.05, 4.69) is 21.4 Å². The topological polar surface area (TPSA) is 67.3 Å². The van der Waals surface area contributed by atoms with Gasteiger partial charge < -0.3 is 15.2 Å². The van der Waals surface area contributed by atoms with Gasteiger partial charge in [-0.2, -0.15) is 0 Å². The Bertz CT molecular complexity index is 1010. The number of aryl methyl sites for hydroxylation is 1. The van der Waals surface area contributed by atoms with Crippen molar-refractivity contribution in [2.45, 2.75) is 44.9 Å². The van der Waals surface area contributed by atoms with Gasteiger partial charge in [-0.1, -0.05) is 17.7 Å².